The smallest absolute Gasteiger partial charge is 0.250 e. The Bertz CT molecular complexity index is 337. The Morgan fingerprint density at radius 1 is 1.60 bits per heavy atom. The lowest BCUT2D eigenvalue weighted by Gasteiger charge is -2.09. The van der Waals surface area contributed by atoms with Crippen LogP contribution in [-0.4, -0.2) is 19.1 Å². The third-order valence-electron chi connectivity index (χ3n) is 1.66. The Labute approximate surface area is 111 Å². The quantitative estimate of drug-likeness (QED) is 0.811. The van der Waals surface area contributed by atoms with Gasteiger partial charge in [0.25, 0.3) is 0 Å². The molecule has 0 heterocycles. The molecule has 0 aliphatic carbocycles. The van der Waals surface area contributed by atoms with Crippen LogP contribution < -0.4 is 5.32 Å². The largest absolute Gasteiger partial charge is 0.372 e. The fraction of sp³-hybridized carbons (Fsp3) is 0.300. The first-order valence-electron chi connectivity index (χ1n) is 4.46. The molecule has 1 rings (SSSR count). The molecule has 1 aromatic rings. The van der Waals surface area contributed by atoms with Crippen molar-refractivity contribution < 1.29 is 9.53 Å². The van der Waals surface area contributed by atoms with Gasteiger partial charge in [0.2, 0.25) is 5.91 Å². The number of hydrogen-bond acceptors (Lipinski definition) is 2. The summed E-state index contributed by atoms with van der Waals surface area (Å²) in [5.41, 5.74) is 0.794. The third-order valence-corrected chi connectivity index (χ3v) is 3.22. The summed E-state index contributed by atoms with van der Waals surface area (Å²) in [4.78, 5) is 11.4. The number of para-hydroxylation sites is 1. The van der Waals surface area contributed by atoms with Crippen molar-refractivity contribution in [3.05, 3.63) is 26.2 Å². The van der Waals surface area contributed by atoms with Crippen LogP contribution in [0.15, 0.2) is 22.7 Å². The number of amides is 1. The molecule has 1 N–H and O–H groups in total. The topological polar surface area (TPSA) is 38.3 Å². The van der Waals surface area contributed by atoms with Gasteiger partial charge in [-0.2, -0.15) is 0 Å². The first-order valence-corrected chi connectivity index (χ1v) is 6.34. The molecule has 0 spiro atoms. The number of hydrogen-bond donors (Lipinski definition) is 1. The standard InChI is InChI=1S/C10H11BrINO2/c1-2-15-6-9(14)13-10-7(11)4-3-5-8(10)12/h3-5H,2,6H2,1H3,(H,13,14). The molecule has 0 saturated carbocycles. The van der Waals surface area contributed by atoms with Gasteiger partial charge >= 0.3 is 0 Å². The molecule has 3 nitrogen and oxygen atoms in total. The van der Waals surface area contributed by atoms with E-state index >= 15 is 0 Å². The minimum Gasteiger partial charge on any atom is -0.372 e. The molecule has 0 fully saturated rings. The molecule has 82 valence electrons. The summed E-state index contributed by atoms with van der Waals surface area (Å²) in [5, 5.41) is 2.79. The number of anilines is 1. The minimum absolute atomic E-state index is 0.0912. The molecule has 0 aliphatic rings. The van der Waals surface area contributed by atoms with E-state index in [1.54, 1.807) is 0 Å². The van der Waals surface area contributed by atoms with Gasteiger partial charge in [0, 0.05) is 14.6 Å². The third kappa shape index (κ3) is 4.08. The number of benzene rings is 1. The van der Waals surface area contributed by atoms with Crippen molar-refractivity contribution in [1.82, 2.24) is 0 Å². The van der Waals surface area contributed by atoms with Crippen molar-refractivity contribution in [2.45, 2.75) is 6.92 Å². The maximum absolute atomic E-state index is 11.4. The molecule has 0 saturated heterocycles. The van der Waals surface area contributed by atoms with Crippen LogP contribution in [0.3, 0.4) is 0 Å². The second-order valence-electron chi connectivity index (χ2n) is 2.78. The van der Waals surface area contributed by atoms with Crippen molar-refractivity contribution in [3.63, 3.8) is 0 Å². The lowest BCUT2D eigenvalue weighted by molar-refractivity contribution is -0.120. The molecule has 1 aromatic carbocycles. The lowest BCUT2D eigenvalue weighted by Crippen LogP contribution is -2.19. The van der Waals surface area contributed by atoms with Gasteiger partial charge in [-0.3, -0.25) is 4.79 Å². The Balaban J connectivity index is 2.68. The highest BCUT2D eigenvalue weighted by atomic mass is 127. The van der Waals surface area contributed by atoms with E-state index in [-0.39, 0.29) is 12.5 Å². The van der Waals surface area contributed by atoms with Crippen LogP contribution in [0.2, 0.25) is 0 Å². The number of nitrogens with one attached hydrogen (secondary N) is 1. The van der Waals surface area contributed by atoms with E-state index in [4.69, 9.17) is 4.74 Å². The van der Waals surface area contributed by atoms with Crippen molar-refractivity contribution >= 4 is 50.1 Å². The zero-order valence-electron chi connectivity index (χ0n) is 8.22. The maximum atomic E-state index is 11.4. The van der Waals surface area contributed by atoms with Gasteiger partial charge in [-0.15, -0.1) is 0 Å². The summed E-state index contributed by atoms with van der Waals surface area (Å²) < 4.78 is 6.88. The van der Waals surface area contributed by atoms with E-state index in [0.29, 0.717) is 6.61 Å². The van der Waals surface area contributed by atoms with Crippen LogP contribution in [-0.2, 0) is 9.53 Å². The van der Waals surface area contributed by atoms with E-state index in [0.717, 1.165) is 13.7 Å². The van der Waals surface area contributed by atoms with Crippen LogP contribution in [0.1, 0.15) is 6.92 Å². The van der Waals surface area contributed by atoms with Crippen molar-refractivity contribution in [2.75, 3.05) is 18.5 Å². The first-order chi connectivity index (χ1) is 7.15. The van der Waals surface area contributed by atoms with Crippen molar-refractivity contribution in [1.29, 1.82) is 0 Å². The number of halogens is 2. The second kappa shape index (κ2) is 6.44. The highest BCUT2D eigenvalue weighted by molar-refractivity contribution is 14.1. The van der Waals surface area contributed by atoms with Gasteiger partial charge in [-0.05, 0) is 57.6 Å². The van der Waals surface area contributed by atoms with Gasteiger partial charge in [-0.1, -0.05) is 6.07 Å². The van der Waals surface area contributed by atoms with Gasteiger partial charge in [0.05, 0.1) is 5.69 Å². The molecule has 0 bridgehead atoms. The summed E-state index contributed by atoms with van der Waals surface area (Å²) >= 11 is 5.55. The molecule has 1 amide bonds. The number of carbonyl (C=O) groups is 1. The molecule has 0 aromatic heterocycles. The molecule has 0 atom stereocenters. The zero-order chi connectivity index (χ0) is 11.3. The Morgan fingerprint density at radius 2 is 2.33 bits per heavy atom. The molecule has 0 unspecified atom stereocenters. The number of carbonyl (C=O) groups excluding carboxylic acids is 1. The molecule has 15 heavy (non-hydrogen) atoms. The molecule has 0 radical (unpaired) electrons. The van der Waals surface area contributed by atoms with E-state index in [9.17, 15) is 4.79 Å². The fourth-order valence-corrected chi connectivity index (χ4v) is 2.46. The summed E-state index contributed by atoms with van der Waals surface area (Å²) in [5.74, 6) is -0.137. The van der Waals surface area contributed by atoms with Crippen LogP contribution in [0.5, 0.6) is 0 Å². The van der Waals surface area contributed by atoms with Gasteiger partial charge < -0.3 is 10.1 Å². The zero-order valence-corrected chi connectivity index (χ0v) is 12.0. The Hall–Kier alpha value is -0.140. The van der Waals surface area contributed by atoms with Crippen LogP contribution in [0.25, 0.3) is 0 Å². The normalized spacial score (nSPS) is 10.1. The molecular weight excluding hydrogens is 373 g/mol. The summed E-state index contributed by atoms with van der Waals surface area (Å²) in [6.45, 7) is 2.49. The van der Waals surface area contributed by atoms with Crippen LogP contribution in [0.4, 0.5) is 5.69 Å². The van der Waals surface area contributed by atoms with Crippen molar-refractivity contribution in [2.24, 2.45) is 0 Å². The minimum atomic E-state index is -0.137. The lowest BCUT2D eigenvalue weighted by atomic mass is 10.3. The Morgan fingerprint density at radius 3 is 2.93 bits per heavy atom. The maximum Gasteiger partial charge on any atom is 0.250 e. The average molecular weight is 384 g/mol. The highest BCUT2D eigenvalue weighted by Crippen LogP contribution is 2.27. The van der Waals surface area contributed by atoms with Crippen LogP contribution in [0, 0.1) is 3.57 Å². The predicted molar refractivity (Wildman–Crippen MR) is 72.0 cm³/mol. The van der Waals surface area contributed by atoms with E-state index < -0.39 is 0 Å². The summed E-state index contributed by atoms with van der Waals surface area (Å²) in [6, 6.07) is 5.74. The SMILES string of the molecule is CCOCC(=O)Nc1c(Br)cccc1I. The van der Waals surface area contributed by atoms with Crippen LogP contribution >= 0.6 is 38.5 Å². The highest BCUT2D eigenvalue weighted by Gasteiger charge is 2.08. The van der Waals surface area contributed by atoms with Gasteiger partial charge in [0.15, 0.2) is 0 Å². The van der Waals surface area contributed by atoms with E-state index in [2.05, 4.69) is 43.8 Å². The fourth-order valence-electron chi connectivity index (χ4n) is 0.987. The molecular formula is C10H11BrINO2. The van der Waals surface area contributed by atoms with E-state index in [1.165, 1.54) is 0 Å². The summed E-state index contributed by atoms with van der Waals surface area (Å²) in [6.07, 6.45) is 0. The van der Waals surface area contributed by atoms with Gasteiger partial charge in [-0.25, -0.2) is 0 Å². The molecule has 0 aliphatic heterocycles. The monoisotopic (exact) mass is 383 g/mol. The summed E-state index contributed by atoms with van der Waals surface area (Å²) in [7, 11) is 0. The molecule has 5 heteroatoms. The predicted octanol–water partition coefficient (Wildman–Crippen LogP) is 3.03. The van der Waals surface area contributed by atoms with Gasteiger partial charge in [0.1, 0.15) is 6.61 Å². The Kier molecular flexibility index (Phi) is 5.55. The van der Waals surface area contributed by atoms with Crippen molar-refractivity contribution in [3.8, 4) is 0 Å². The average Bonchev–Trinajstić information content (AvgIpc) is 2.21. The number of rotatable bonds is 4. The first kappa shape index (κ1) is 12.9. The van der Waals surface area contributed by atoms with E-state index in [1.807, 2.05) is 25.1 Å². The number of ether oxygens (including phenoxy) is 1. The second-order valence-corrected chi connectivity index (χ2v) is 4.80.